The van der Waals surface area contributed by atoms with E-state index in [0.717, 1.165) is 0 Å². The van der Waals surface area contributed by atoms with Crippen molar-refractivity contribution in [1.82, 2.24) is 0 Å². The fraction of sp³-hybridized carbons (Fsp3) is 0.267. The van der Waals surface area contributed by atoms with Gasteiger partial charge in [0, 0.05) is 27.6 Å². The number of hydrogen-bond donors (Lipinski definition) is 0. The van der Waals surface area contributed by atoms with Gasteiger partial charge in [-0.1, -0.05) is 42.5 Å². The molecular weight excluding hydrogens is 542 g/mol. The summed E-state index contributed by atoms with van der Waals surface area (Å²) in [6, 6.07) is 11.2. The van der Waals surface area contributed by atoms with Crippen molar-refractivity contribution in [2.45, 2.75) is 41.5 Å². The lowest BCUT2D eigenvalue weighted by atomic mass is 9.92. The third kappa shape index (κ3) is 4.96. The predicted octanol–water partition coefficient (Wildman–Crippen LogP) is 7.05. The standard InChI is InChI=1S/C30H29Cl2O5P/c1-16-12-18(3)27(20(5)25(16)23(33)14-31)29(35)38(37,22-10-8-7-9-11-22)30(36)28-19(4)13-17(2)26(21(28)6)24(34)15-32/h7-13H,14-15H2,1-6H3. The van der Waals surface area contributed by atoms with Gasteiger partial charge in [-0.2, -0.15) is 0 Å². The number of carbonyl (C=O) groups excluding carboxylic acids is 4. The Morgan fingerprint density at radius 2 is 0.947 bits per heavy atom. The minimum atomic E-state index is -4.52. The molecule has 0 radical (unpaired) electrons. The molecule has 0 aliphatic rings. The summed E-state index contributed by atoms with van der Waals surface area (Å²) < 4.78 is 15.0. The number of alkyl halides is 2. The van der Waals surface area contributed by atoms with Gasteiger partial charge in [-0.3, -0.25) is 19.2 Å². The molecule has 0 fully saturated rings. The monoisotopic (exact) mass is 570 g/mol. The number of halogens is 2. The Hall–Kier alpha value is -2.85. The molecule has 0 aliphatic carbocycles. The molecule has 3 aromatic carbocycles. The van der Waals surface area contributed by atoms with Crippen LogP contribution >= 0.6 is 30.3 Å². The van der Waals surface area contributed by atoms with Crippen LogP contribution in [0.4, 0.5) is 0 Å². The molecule has 0 unspecified atom stereocenters. The Morgan fingerprint density at radius 3 is 1.29 bits per heavy atom. The van der Waals surface area contributed by atoms with Gasteiger partial charge in [0.15, 0.2) is 11.6 Å². The molecule has 8 heteroatoms. The number of Topliss-reactive ketones (excluding diaryl/α,β-unsaturated/α-hetero) is 2. The van der Waals surface area contributed by atoms with Gasteiger partial charge >= 0.3 is 0 Å². The molecule has 5 nitrogen and oxygen atoms in total. The topological polar surface area (TPSA) is 85.3 Å². The van der Waals surface area contributed by atoms with Crippen LogP contribution in [-0.2, 0) is 4.57 Å². The van der Waals surface area contributed by atoms with E-state index in [1.807, 2.05) is 0 Å². The van der Waals surface area contributed by atoms with Gasteiger partial charge in [0.25, 0.3) is 0 Å². The second-order valence-corrected chi connectivity index (χ2v) is 12.5. The maximum Gasteiger partial charge on any atom is 0.248 e. The van der Waals surface area contributed by atoms with Crippen molar-refractivity contribution in [3.63, 3.8) is 0 Å². The molecule has 0 spiro atoms. The molecule has 0 amide bonds. The first-order chi connectivity index (χ1) is 17.8. The highest BCUT2D eigenvalue weighted by Crippen LogP contribution is 2.53. The second kappa shape index (κ2) is 11.5. The lowest BCUT2D eigenvalue weighted by Gasteiger charge is -2.23. The van der Waals surface area contributed by atoms with Crippen molar-refractivity contribution >= 4 is 58.3 Å². The molecule has 198 valence electrons. The van der Waals surface area contributed by atoms with E-state index >= 15 is 0 Å². The molecule has 0 N–H and O–H groups in total. The van der Waals surface area contributed by atoms with Crippen molar-refractivity contribution < 1.29 is 23.7 Å². The zero-order valence-electron chi connectivity index (χ0n) is 22.2. The first-order valence-corrected chi connectivity index (χ1v) is 14.8. The number of hydrogen-bond acceptors (Lipinski definition) is 5. The van der Waals surface area contributed by atoms with Crippen LogP contribution in [0, 0.1) is 41.5 Å². The highest BCUT2D eigenvalue weighted by Gasteiger charge is 2.45. The van der Waals surface area contributed by atoms with E-state index in [2.05, 4.69) is 0 Å². The fourth-order valence-corrected chi connectivity index (χ4v) is 8.13. The summed E-state index contributed by atoms with van der Waals surface area (Å²) in [5.41, 5.74) is 1.87. The molecule has 0 aromatic heterocycles. The van der Waals surface area contributed by atoms with E-state index in [1.54, 1.807) is 71.9 Å². The summed E-state index contributed by atoms with van der Waals surface area (Å²) in [5, 5.41) is 0.0733. The Bertz CT molecular complexity index is 1450. The highest BCUT2D eigenvalue weighted by molar-refractivity contribution is 8.01. The number of carbonyl (C=O) groups is 4. The van der Waals surface area contributed by atoms with Crippen molar-refractivity contribution in [2.24, 2.45) is 0 Å². The number of ketones is 2. The number of aryl methyl sites for hydroxylation is 4. The van der Waals surface area contributed by atoms with Crippen molar-refractivity contribution in [1.29, 1.82) is 0 Å². The Morgan fingerprint density at radius 1 is 0.605 bits per heavy atom. The summed E-state index contributed by atoms with van der Waals surface area (Å²) in [6.07, 6.45) is 0. The third-order valence-electron chi connectivity index (χ3n) is 6.86. The van der Waals surface area contributed by atoms with Crippen LogP contribution in [0.5, 0.6) is 0 Å². The molecular formula is C30H29Cl2O5P. The van der Waals surface area contributed by atoms with Gasteiger partial charge in [0.05, 0.1) is 11.8 Å². The Kier molecular flexibility index (Phi) is 8.98. The van der Waals surface area contributed by atoms with E-state index in [4.69, 9.17) is 23.2 Å². The summed E-state index contributed by atoms with van der Waals surface area (Å²) in [5.74, 6) is -1.31. The van der Waals surface area contributed by atoms with Gasteiger partial charge in [-0.25, -0.2) is 0 Å². The largest absolute Gasteiger partial charge is 0.302 e. The first-order valence-electron chi connectivity index (χ1n) is 12.0. The zero-order chi connectivity index (χ0) is 28.5. The van der Waals surface area contributed by atoms with E-state index in [9.17, 15) is 23.7 Å². The van der Waals surface area contributed by atoms with E-state index in [-0.39, 0.29) is 50.9 Å². The molecule has 38 heavy (non-hydrogen) atoms. The van der Waals surface area contributed by atoms with Crippen LogP contribution in [0.15, 0.2) is 42.5 Å². The molecule has 0 bridgehead atoms. The Balaban J connectivity index is 2.40. The summed E-state index contributed by atoms with van der Waals surface area (Å²) in [6.45, 7) is 10.1. The lowest BCUT2D eigenvalue weighted by molar-refractivity contribution is 0.101. The van der Waals surface area contributed by atoms with Crippen molar-refractivity contribution in [2.75, 3.05) is 11.8 Å². The van der Waals surface area contributed by atoms with Gasteiger partial charge in [0.2, 0.25) is 18.2 Å². The third-order valence-corrected chi connectivity index (χ3v) is 9.97. The SMILES string of the molecule is Cc1cc(C)c(C(=O)P(=O)(C(=O)c2c(C)cc(C)c(C(=O)CCl)c2C)c2ccccc2)c(C)c1C(=O)CCl. The lowest BCUT2D eigenvalue weighted by Crippen LogP contribution is -2.24. The molecule has 0 aliphatic heterocycles. The van der Waals surface area contributed by atoms with Crippen molar-refractivity contribution in [3.05, 3.63) is 98.1 Å². The minimum Gasteiger partial charge on any atom is -0.302 e. The van der Waals surface area contributed by atoms with Crippen LogP contribution in [-0.4, -0.2) is 34.4 Å². The van der Waals surface area contributed by atoms with Gasteiger partial charge in [-0.05, 0) is 74.9 Å². The molecule has 0 saturated carbocycles. The average molecular weight is 571 g/mol. The first kappa shape index (κ1) is 29.7. The average Bonchev–Trinajstić information content (AvgIpc) is 2.87. The molecule has 3 rings (SSSR count). The highest BCUT2D eigenvalue weighted by atomic mass is 35.5. The smallest absolute Gasteiger partial charge is 0.248 e. The summed E-state index contributed by atoms with van der Waals surface area (Å²) >= 11 is 11.7. The van der Waals surface area contributed by atoms with Gasteiger partial charge in [-0.15, -0.1) is 23.2 Å². The minimum absolute atomic E-state index is 0.0593. The molecule has 0 heterocycles. The maximum atomic E-state index is 15.0. The van der Waals surface area contributed by atoms with Gasteiger partial charge < -0.3 is 4.57 Å². The van der Waals surface area contributed by atoms with Crippen LogP contribution in [0.1, 0.15) is 74.8 Å². The van der Waals surface area contributed by atoms with Crippen LogP contribution in [0.2, 0.25) is 0 Å². The zero-order valence-corrected chi connectivity index (χ0v) is 24.6. The van der Waals surface area contributed by atoms with Crippen LogP contribution < -0.4 is 5.30 Å². The predicted molar refractivity (Wildman–Crippen MR) is 154 cm³/mol. The van der Waals surface area contributed by atoms with E-state index < -0.39 is 18.2 Å². The van der Waals surface area contributed by atoms with Crippen LogP contribution in [0.25, 0.3) is 0 Å². The Labute approximate surface area is 232 Å². The van der Waals surface area contributed by atoms with E-state index in [0.29, 0.717) is 33.4 Å². The molecule has 0 atom stereocenters. The summed E-state index contributed by atoms with van der Waals surface area (Å²) in [4.78, 5) is 54.0. The van der Waals surface area contributed by atoms with Crippen LogP contribution in [0.3, 0.4) is 0 Å². The summed E-state index contributed by atoms with van der Waals surface area (Å²) in [7, 11) is -4.52. The number of rotatable bonds is 9. The maximum absolute atomic E-state index is 15.0. The molecule has 0 saturated heterocycles. The molecule has 3 aromatic rings. The van der Waals surface area contributed by atoms with Gasteiger partial charge in [0.1, 0.15) is 0 Å². The fourth-order valence-electron chi connectivity index (χ4n) is 5.30. The van der Waals surface area contributed by atoms with E-state index in [1.165, 1.54) is 12.1 Å². The number of benzene rings is 3. The van der Waals surface area contributed by atoms with Crippen molar-refractivity contribution in [3.8, 4) is 0 Å². The quantitative estimate of drug-likeness (QED) is 0.156. The second-order valence-electron chi connectivity index (χ2n) is 9.44. The normalized spacial score (nSPS) is 11.4.